The molecule has 0 atom stereocenters. The Hall–Kier alpha value is -2.80. The molecule has 26 heavy (non-hydrogen) atoms. The van der Waals surface area contributed by atoms with Gasteiger partial charge in [-0.05, 0) is 66.5 Å². The topological polar surface area (TPSA) is 56.0 Å². The Balaban J connectivity index is 1.98. The maximum absolute atomic E-state index is 11.5. The SMILES string of the molecule is O=[N+]([O-])c1ccncc1-c1ccc2ccc3c(I)ccc4ccc1c2c43. The number of pyridine rings is 1. The first-order valence-electron chi connectivity index (χ1n) is 8.10. The van der Waals surface area contributed by atoms with Crippen molar-refractivity contribution in [3.8, 4) is 11.1 Å². The molecule has 0 aliphatic rings. The van der Waals surface area contributed by atoms with Gasteiger partial charge in [-0.25, -0.2) is 0 Å². The van der Waals surface area contributed by atoms with Gasteiger partial charge in [-0.15, -0.1) is 0 Å². The van der Waals surface area contributed by atoms with E-state index in [4.69, 9.17) is 0 Å². The van der Waals surface area contributed by atoms with E-state index in [2.05, 4.69) is 64.0 Å². The zero-order valence-electron chi connectivity index (χ0n) is 13.4. The lowest BCUT2D eigenvalue weighted by Crippen LogP contribution is -1.94. The molecule has 0 bridgehead atoms. The normalized spacial score (nSPS) is 11.6. The largest absolute Gasteiger partial charge is 0.280 e. The summed E-state index contributed by atoms with van der Waals surface area (Å²) in [6.07, 6.45) is 3.04. The molecule has 0 amide bonds. The molecule has 1 aromatic heterocycles. The molecular formula is C21H11IN2O2. The number of benzene rings is 4. The van der Waals surface area contributed by atoms with Crippen LogP contribution >= 0.6 is 22.6 Å². The van der Waals surface area contributed by atoms with Crippen LogP contribution in [-0.2, 0) is 0 Å². The van der Waals surface area contributed by atoms with E-state index < -0.39 is 0 Å². The molecule has 124 valence electrons. The van der Waals surface area contributed by atoms with Gasteiger partial charge in [-0.1, -0.05) is 42.5 Å². The number of halogens is 1. The fraction of sp³-hybridized carbons (Fsp3) is 0. The van der Waals surface area contributed by atoms with Crippen LogP contribution in [0.15, 0.2) is 67.0 Å². The van der Waals surface area contributed by atoms with Crippen molar-refractivity contribution in [3.05, 3.63) is 80.7 Å². The average molecular weight is 450 g/mol. The minimum absolute atomic E-state index is 0.0737. The quantitative estimate of drug-likeness (QED) is 0.140. The standard InChI is InChI=1S/C21H11IN2O2/c22-18-8-4-13-2-6-15-14(17-11-23-10-9-19(17)24(25)26)5-1-12-3-7-16(18)21(13)20(12)15/h1-11H. The highest BCUT2D eigenvalue weighted by atomic mass is 127. The van der Waals surface area contributed by atoms with E-state index in [0.29, 0.717) is 5.56 Å². The third kappa shape index (κ3) is 2.10. The van der Waals surface area contributed by atoms with Crippen LogP contribution in [0.25, 0.3) is 43.4 Å². The van der Waals surface area contributed by atoms with Gasteiger partial charge in [-0.2, -0.15) is 0 Å². The van der Waals surface area contributed by atoms with Crippen LogP contribution in [0.1, 0.15) is 0 Å². The number of hydrogen-bond donors (Lipinski definition) is 0. The molecule has 0 aliphatic carbocycles. The van der Waals surface area contributed by atoms with Crippen LogP contribution in [0, 0.1) is 13.7 Å². The van der Waals surface area contributed by atoms with Gasteiger partial charge >= 0.3 is 0 Å². The summed E-state index contributed by atoms with van der Waals surface area (Å²) in [5.74, 6) is 0. The molecule has 5 heteroatoms. The molecule has 0 aliphatic heterocycles. The molecule has 4 nitrogen and oxygen atoms in total. The first kappa shape index (κ1) is 15.5. The van der Waals surface area contributed by atoms with Gasteiger partial charge in [0.25, 0.3) is 5.69 Å². The molecule has 0 saturated carbocycles. The second-order valence-corrected chi connectivity index (χ2v) is 7.40. The Labute approximate surface area is 162 Å². The van der Waals surface area contributed by atoms with Gasteiger partial charge in [0.1, 0.15) is 0 Å². The first-order valence-corrected chi connectivity index (χ1v) is 9.18. The number of rotatable bonds is 2. The summed E-state index contributed by atoms with van der Waals surface area (Å²) >= 11 is 2.35. The van der Waals surface area contributed by atoms with Crippen molar-refractivity contribution in [2.75, 3.05) is 0 Å². The van der Waals surface area contributed by atoms with Crippen molar-refractivity contribution in [1.29, 1.82) is 0 Å². The minimum Gasteiger partial charge on any atom is -0.264 e. The van der Waals surface area contributed by atoms with Gasteiger partial charge < -0.3 is 0 Å². The summed E-state index contributed by atoms with van der Waals surface area (Å²) in [6, 6.07) is 18.1. The van der Waals surface area contributed by atoms with Crippen LogP contribution < -0.4 is 0 Å². The molecule has 0 unspecified atom stereocenters. The molecule has 0 radical (unpaired) electrons. The zero-order valence-corrected chi connectivity index (χ0v) is 15.6. The maximum atomic E-state index is 11.5. The lowest BCUT2D eigenvalue weighted by atomic mass is 9.90. The van der Waals surface area contributed by atoms with Crippen LogP contribution in [0.4, 0.5) is 5.69 Å². The van der Waals surface area contributed by atoms with Crippen molar-refractivity contribution < 1.29 is 4.92 Å². The first-order chi connectivity index (χ1) is 12.6. The smallest absolute Gasteiger partial charge is 0.264 e. The molecule has 5 aromatic rings. The van der Waals surface area contributed by atoms with Crippen LogP contribution in [0.3, 0.4) is 0 Å². The predicted octanol–water partition coefficient (Wildman–Crippen LogP) is 6.16. The Morgan fingerprint density at radius 1 is 0.808 bits per heavy atom. The lowest BCUT2D eigenvalue weighted by Gasteiger charge is -2.14. The van der Waals surface area contributed by atoms with E-state index in [9.17, 15) is 10.1 Å². The highest BCUT2D eigenvalue weighted by Crippen LogP contribution is 2.41. The fourth-order valence-electron chi connectivity index (χ4n) is 3.75. The maximum Gasteiger partial charge on any atom is 0.280 e. The Kier molecular flexibility index (Phi) is 3.33. The minimum atomic E-state index is -0.349. The van der Waals surface area contributed by atoms with E-state index in [1.54, 1.807) is 6.20 Å². The van der Waals surface area contributed by atoms with Crippen molar-refractivity contribution >= 4 is 60.6 Å². The Bertz CT molecular complexity index is 1330. The summed E-state index contributed by atoms with van der Waals surface area (Å²) < 4.78 is 1.20. The number of nitrogens with zero attached hydrogens (tertiary/aromatic N) is 2. The molecule has 0 spiro atoms. The third-order valence-electron chi connectivity index (χ3n) is 4.90. The van der Waals surface area contributed by atoms with Gasteiger partial charge in [-0.3, -0.25) is 15.1 Å². The van der Waals surface area contributed by atoms with Crippen molar-refractivity contribution in [2.24, 2.45) is 0 Å². The van der Waals surface area contributed by atoms with E-state index in [1.165, 1.54) is 32.0 Å². The van der Waals surface area contributed by atoms with E-state index in [-0.39, 0.29) is 10.6 Å². The Morgan fingerprint density at radius 3 is 2.23 bits per heavy atom. The van der Waals surface area contributed by atoms with Crippen molar-refractivity contribution in [3.63, 3.8) is 0 Å². The van der Waals surface area contributed by atoms with Gasteiger partial charge in [0.15, 0.2) is 0 Å². The highest BCUT2D eigenvalue weighted by molar-refractivity contribution is 14.1. The zero-order chi connectivity index (χ0) is 17.8. The Morgan fingerprint density at radius 2 is 1.46 bits per heavy atom. The van der Waals surface area contributed by atoms with Crippen LogP contribution in [-0.4, -0.2) is 9.91 Å². The van der Waals surface area contributed by atoms with Crippen molar-refractivity contribution in [1.82, 2.24) is 4.98 Å². The molecule has 4 aromatic carbocycles. The second kappa shape index (κ2) is 5.60. The molecule has 0 N–H and O–H groups in total. The predicted molar refractivity (Wildman–Crippen MR) is 113 cm³/mol. The monoisotopic (exact) mass is 450 g/mol. The van der Waals surface area contributed by atoms with Gasteiger partial charge in [0.05, 0.1) is 10.5 Å². The molecule has 0 fully saturated rings. The number of aromatic nitrogens is 1. The van der Waals surface area contributed by atoms with E-state index in [1.807, 2.05) is 12.1 Å². The summed E-state index contributed by atoms with van der Waals surface area (Å²) in [5, 5.41) is 18.4. The molecular weight excluding hydrogens is 439 g/mol. The van der Waals surface area contributed by atoms with Gasteiger partial charge in [0, 0.05) is 22.0 Å². The lowest BCUT2D eigenvalue weighted by molar-refractivity contribution is -0.384. The summed E-state index contributed by atoms with van der Waals surface area (Å²) in [6.45, 7) is 0. The molecule has 5 rings (SSSR count). The average Bonchev–Trinajstić information content (AvgIpc) is 2.67. The molecule has 1 heterocycles. The van der Waals surface area contributed by atoms with Crippen LogP contribution in [0.2, 0.25) is 0 Å². The van der Waals surface area contributed by atoms with E-state index >= 15 is 0 Å². The summed E-state index contributed by atoms with van der Waals surface area (Å²) in [7, 11) is 0. The van der Waals surface area contributed by atoms with Gasteiger partial charge in [0.2, 0.25) is 0 Å². The fourth-order valence-corrected chi connectivity index (χ4v) is 4.38. The third-order valence-corrected chi connectivity index (χ3v) is 5.84. The van der Waals surface area contributed by atoms with Crippen molar-refractivity contribution in [2.45, 2.75) is 0 Å². The van der Waals surface area contributed by atoms with Crippen LogP contribution in [0.5, 0.6) is 0 Å². The summed E-state index contributed by atoms with van der Waals surface area (Å²) in [5.41, 5.74) is 1.46. The number of hydrogen-bond acceptors (Lipinski definition) is 3. The molecule has 0 saturated heterocycles. The highest BCUT2D eigenvalue weighted by Gasteiger charge is 2.19. The summed E-state index contributed by atoms with van der Waals surface area (Å²) in [4.78, 5) is 15.3. The second-order valence-electron chi connectivity index (χ2n) is 6.23. The van der Waals surface area contributed by atoms with E-state index in [0.717, 1.165) is 21.7 Å². The number of nitro groups is 1.